The van der Waals surface area contributed by atoms with Gasteiger partial charge in [-0.05, 0) is 69.3 Å². The van der Waals surface area contributed by atoms with Crippen molar-refractivity contribution < 1.29 is 44.6 Å². The number of ketones is 1. The summed E-state index contributed by atoms with van der Waals surface area (Å²) in [5.74, 6) is -0.782. The van der Waals surface area contributed by atoms with E-state index in [1.54, 1.807) is 0 Å². The van der Waals surface area contributed by atoms with Crippen molar-refractivity contribution in [2.75, 3.05) is 6.61 Å². The van der Waals surface area contributed by atoms with Gasteiger partial charge >= 0.3 is 5.97 Å². The molecule has 35 heavy (non-hydrogen) atoms. The molecule has 4 aliphatic carbocycles. The Morgan fingerprint density at radius 3 is 2.49 bits per heavy atom. The standard InChI is InChI=1S/C26H38O9/c1-13-14-5-10-26(33)24(3)8-4-7-23(2,16(24)6-9-25(26,11-14)20(13)31)22(32)35-21-19(30)18(29)17(28)15(12-27)34-21/h14-19,21,27-30,33H,1,4-12H2,2-3H3/t14-,15-,16-,17-,18+,19+,21+,23-,24-,25+,26-/m1/s1. The third kappa shape index (κ3) is 3.09. The molecule has 1 spiro atoms. The van der Waals surface area contributed by atoms with Gasteiger partial charge in [0.15, 0.2) is 5.78 Å². The van der Waals surface area contributed by atoms with Crippen molar-refractivity contribution in [2.45, 2.75) is 102 Å². The molecule has 1 saturated heterocycles. The molecule has 5 N–H and O–H groups in total. The third-order valence-electron chi connectivity index (χ3n) is 10.7. The molecule has 0 amide bonds. The number of rotatable bonds is 3. The van der Waals surface area contributed by atoms with Gasteiger partial charge in [0.2, 0.25) is 6.29 Å². The van der Waals surface area contributed by atoms with E-state index in [1.807, 2.05) is 13.8 Å². The molecule has 0 aromatic carbocycles. The summed E-state index contributed by atoms with van der Waals surface area (Å²) in [5, 5.41) is 52.3. The van der Waals surface area contributed by atoms with Crippen LogP contribution in [0.25, 0.3) is 0 Å². The van der Waals surface area contributed by atoms with E-state index >= 15 is 0 Å². The molecule has 9 heteroatoms. The van der Waals surface area contributed by atoms with E-state index in [9.17, 15) is 35.1 Å². The zero-order valence-corrected chi connectivity index (χ0v) is 20.5. The zero-order chi connectivity index (χ0) is 25.6. The van der Waals surface area contributed by atoms with Gasteiger partial charge in [-0.3, -0.25) is 9.59 Å². The van der Waals surface area contributed by atoms with Gasteiger partial charge in [-0.15, -0.1) is 0 Å². The first-order valence-corrected chi connectivity index (χ1v) is 12.8. The summed E-state index contributed by atoms with van der Waals surface area (Å²) in [6.07, 6.45) is -2.86. The number of ether oxygens (including phenoxy) is 2. The summed E-state index contributed by atoms with van der Waals surface area (Å²) >= 11 is 0. The monoisotopic (exact) mass is 494 g/mol. The molecule has 1 heterocycles. The maximum absolute atomic E-state index is 13.7. The highest BCUT2D eigenvalue weighted by Gasteiger charge is 2.75. The van der Waals surface area contributed by atoms with E-state index in [0.717, 1.165) is 0 Å². The second-order valence-electron chi connectivity index (χ2n) is 12.1. The van der Waals surface area contributed by atoms with E-state index in [-0.39, 0.29) is 17.6 Å². The van der Waals surface area contributed by atoms with Crippen molar-refractivity contribution >= 4 is 11.8 Å². The maximum Gasteiger partial charge on any atom is 0.314 e. The van der Waals surface area contributed by atoms with Gasteiger partial charge in [-0.2, -0.15) is 0 Å². The minimum atomic E-state index is -1.67. The van der Waals surface area contributed by atoms with Crippen molar-refractivity contribution in [3.63, 3.8) is 0 Å². The second kappa shape index (κ2) is 8.07. The summed E-state index contributed by atoms with van der Waals surface area (Å²) in [5.41, 5.74) is -3.18. The molecule has 5 fully saturated rings. The number of esters is 1. The van der Waals surface area contributed by atoms with E-state index in [0.29, 0.717) is 56.9 Å². The first-order valence-electron chi connectivity index (χ1n) is 12.8. The van der Waals surface area contributed by atoms with Crippen molar-refractivity contribution in [1.29, 1.82) is 0 Å². The smallest absolute Gasteiger partial charge is 0.314 e. The first kappa shape index (κ1) is 25.3. The summed E-state index contributed by atoms with van der Waals surface area (Å²) in [6.45, 7) is 7.24. The van der Waals surface area contributed by atoms with Crippen molar-refractivity contribution in [3.05, 3.63) is 12.2 Å². The van der Waals surface area contributed by atoms with E-state index in [4.69, 9.17) is 9.47 Å². The number of fused-ring (bicyclic) bond motifs is 3. The highest BCUT2D eigenvalue weighted by Crippen LogP contribution is 2.73. The van der Waals surface area contributed by atoms with Crippen molar-refractivity contribution in [2.24, 2.45) is 28.1 Å². The average Bonchev–Trinajstić information content (AvgIpc) is 3.03. The minimum absolute atomic E-state index is 0.0154. The lowest BCUT2D eigenvalue weighted by molar-refractivity contribution is -0.300. The van der Waals surface area contributed by atoms with Gasteiger partial charge in [-0.25, -0.2) is 0 Å². The number of aliphatic hydroxyl groups is 5. The van der Waals surface area contributed by atoms with Crippen molar-refractivity contribution in [1.82, 2.24) is 0 Å². The molecule has 5 rings (SSSR count). The number of carbonyl (C=O) groups excluding carboxylic acids is 2. The molecule has 4 saturated carbocycles. The molecule has 196 valence electrons. The Bertz CT molecular complexity index is 934. The summed E-state index contributed by atoms with van der Waals surface area (Å²) < 4.78 is 11.0. The van der Waals surface area contributed by atoms with E-state index in [2.05, 4.69) is 6.58 Å². The highest BCUT2D eigenvalue weighted by atomic mass is 16.7. The summed E-state index contributed by atoms with van der Waals surface area (Å²) in [7, 11) is 0. The molecule has 5 aliphatic rings. The Morgan fingerprint density at radius 2 is 1.80 bits per heavy atom. The van der Waals surface area contributed by atoms with Crippen LogP contribution in [0.5, 0.6) is 0 Å². The third-order valence-corrected chi connectivity index (χ3v) is 10.7. The first-order chi connectivity index (χ1) is 16.4. The number of Topliss-reactive ketones (excluding diaryl/α,β-unsaturated/α-hetero) is 1. The Balaban J connectivity index is 1.44. The molecule has 0 unspecified atom stereocenters. The molecular formula is C26H38O9. The lowest BCUT2D eigenvalue weighted by atomic mass is 9.38. The Labute approximate surface area is 205 Å². The Hall–Kier alpha value is -1.36. The van der Waals surface area contributed by atoms with E-state index in [1.165, 1.54) is 0 Å². The van der Waals surface area contributed by atoms with Gasteiger partial charge in [0.1, 0.15) is 24.4 Å². The minimum Gasteiger partial charge on any atom is -0.432 e. The van der Waals surface area contributed by atoms with Crippen LogP contribution in [0, 0.1) is 28.1 Å². The molecule has 2 bridgehead atoms. The molecule has 0 radical (unpaired) electrons. The van der Waals surface area contributed by atoms with Crippen LogP contribution in [0.4, 0.5) is 0 Å². The van der Waals surface area contributed by atoms with Crippen LogP contribution >= 0.6 is 0 Å². The topological polar surface area (TPSA) is 154 Å². The fraction of sp³-hybridized carbons (Fsp3) is 0.846. The molecule has 0 aromatic rings. The SMILES string of the molecule is C=C1C(=O)[C@@]23CC[C@@H]4[C@](C)(C(=O)O[C@@H]5O[C@H](CO)[C@@H](O)[C@H](O)[C@@H]5O)CCC[C@@]4(C)[C@]2(O)CC[C@@H]1C3. The summed E-state index contributed by atoms with van der Waals surface area (Å²) in [6, 6.07) is 0. The van der Waals surface area contributed by atoms with Crippen LogP contribution in [-0.4, -0.2) is 80.2 Å². The van der Waals surface area contributed by atoms with Crippen LogP contribution in [0.15, 0.2) is 12.2 Å². The lowest BCUT2D eigenvalue weighted by Crippen LogP contribution is -2.70. The zero-order valence-electron chi connectivity index (χ0n) is 20.5. The normalized spacial score (nSPS) is 53.6. The van der Waals surface area contributed by atoms with Crippen LogP contribution in [0.3, 0.4) is 0 Å². The fourth-order valence-electron chi connectivity index (χ4n) is 8.69. The quantitative estimate of drug-likeness (QED) is 0.280. The highest BCUT2D eigenvalue weighted by molar-refractivity contribution is 6.04. The van der Waals surface area contributed by atoms with E-state index < -0.39 is 65.1 Å². The molecule has 0 aromatic heterocycles. The predicted molar refractivity (Wildman–Crippen MR) is 122 cm³/mol. The Kier molecular flexibility index (Phi) is 5.83. The van der Waals surface area contributed by atoms with Gasteiger partial charge in [0, 0.05) is 5.41 Å². The number of carbonyl (C=O) groups is 2. The molecule has 1 aliphatic heterocycles. The second-order valence-corrected chi connectivity index (χ2v) is 12.1. The molecule has 9 nitrogen and oxygen atoms in total. The van der Waals surface area contributed by atoms with Crippen LogP contribution in [0.2, 0.25) is 0 Å². The summed E-state index contributed by atoms with van der Waals surface area (Å²) in [4.78, 5) is 27.1. The molecular weight excluding hydrogens is 456 g/mol. The largest absolute Gasteiger partial charge is 0.432 e. The van der Waals surface area contributed by atoms with Gasteiger partial charge in [0.25, 0.3) is 0 Å². The number of allylic oxidation sites excluding steroid dienone is 1. The van der Waals surface area contributed by atoms with Crippen molar-refractivity contribution in [3.8, 4) is 0 Å². The number of hydrogen-bond acceptors (Lipinski definition) is 9. The van der Waals surface area contributed by atoms with Gasteiger partial charge in [-0.1, -0.05) is 19.9 Å². The van der Waals surface area contributed by atoms with Gasteiger partial charge in [0.05, 0.1) is 23.0 Å². The number of aliphatic hydroxyl groups excluding tert-OH is 4. The Morgan fingerprint density at radius 1 is 1.09 bits per heavy atom. The van der Waals surface area contributed by atoms with Crippen LogP contribution in [-0.2, 0) is 19.1 Å². The lowest BCUT2D eigenvalue weighted by Gasteiger charge is -2.66. The maximum atomic E-state index is 13.7. The number of hydrogen-bond donors (Lipinski definition) is 5. The average molecular weight is 495 g/mol. The van der Waals surface area contributed by atoms with Gasteiger partial charge < -0.3 is 35.0 Å². The predicted octanol–water partition coefficient (Wildman–Crippen LogP) is 0.592. The fourth-order valence-corrected chi connectivity index (χ4v) is 8.69. The van der Waals surface area contributed by atoms with Crippen LogP contribution < -0.4 is 0 Å². The van der Waals surface area contributed by atoms with Crippen LogP contribution in [0.1, 0.15) is 65.2 Å². The molecule has 11 atom stereocenters.